The maximum atomic E-state index is 8.93. The van der Waals surface area contributed by atoms with Gasteiger partial charge in [-0.3, -0.25) is 0 Å². The van der Waals surface area contributed by atoms with Crippen LogP contribution in [-0.4, -0.2) is 11.7 Å². The maximum Gasteiger partial charge on any atom is 0.429 e. The van der Waals surface area contributed by atoms with Crippen LogP contribution in [-0.2, 0) is 11.2 Å². The Morgan fingerprint density at radius 3 is 2.80 bits per heavy atom. The van der Waals surface area contributed by atoms with Gasteiger partial charge in [0.25, 0.3) is 0 Å². The van der Waals surface area contributed by atoms with Gasteiger partial charge in [-0.25, -0.2) is 0 Å². The predicted octanol–water partition coefficient (Wildman–Crippen LogP) is 2.85. The molecule has 0 spiro atoms. The van der Waals surface area contributed by atoms with Crippen molar-refractivity contribution < 1.29 is 9.84 Å². The molecule has 0 radical (unpaired) electrons. The summed E-state index contributed by atoms with van der Waals surface area (Å²) in [6, 6.07) is 10.0. The number of aliphatic hydroxyl groups is 1. The van der Waals surface area contributed by atoms with Crippen molar-refractivity contribution in [2.75, 3.05) is 6.61 Å². The van der Waals surface area contributed by atoms with Crippen LogP contribution in [0.2, 0.25) is 0 Å². The van der Waals surface area contributed by atoms with Crippen LogP contribution >= 0.6 is 0 Å². The highest BCUT2D eigenvalue weighted by atomic mass is 16.6. The highest BCUT2D eigenvalue weighted by molar-refractivity contribution is 5.14. The number of nitrogens with zero attached hydrogens (tertiary/aromatic N) is 2. The summed E-state index contributed by atoms with van der Waals surface area (Å²) in [6.07, 6.45) is 2.54. The summed E-state index contributed by atoms with van der Waals surface area (Å²) < 4.78 is 4.87. The number of aliphatic hydroxyl groups excluding tert-OH is 1. The molecule has 1 rings (SSSR count). The average Bonchev–Trinajstić information content (AvgIpc) is 2.26. The molecule has 0 aromatic heterocycles. The second-order valence-electron chi connectivity index (χ2n) is 3.02. The third-order valence-electron chi connectivity index (χ3n) is 1.87. The fourth-order valence-electron chi connectivity index (χ4n) is 1.18. The van der Waals surface area contributed by atoms with E-state index in [1.807, 2.05) is 30.3 Å². The molecule has 1 aromatic rings. The number of hydrogen-bond donors (Lipinski definition) is 1. The molecule has 78 valence electrons. The lowest BCUT2D eigenvalue weighted by molar-refractivity contribution is 0.0919. The van der Waals surface area contributed by atoms with E-state index in [9.17, 15) is 0 Å². The van der Waals surface area contributed by atoms with Crippen molar-refractivity contribution in [2.24, 2.45) is 0 Å². The monoisotopic (exact) mass is 205 g/mol. The quantitative estimate of drug-likeness (QED) is 0.457. The molecule has 0 unspecified atom stereocenters. The van der Waals surface area contributed by atoms with Gasteiger partial charge in [-0.1, -0.05) is 30.3 Å². The Kier molecular flexibility index (Phi) is 4.74. The van der Waals surface area contributed by atoms with Gasteiger partial charge in [-0.05, 0) is 18.4 Å². The van der Waals surface area contributed by atoms with E-state index in [1.165, 1.54) is 5.56 Å². The number of aryl methyl sites for hydroxylation is 1. The number of rotatable bonds is 5. The van der Waals surface area contributed by atoms with Gasteiger partial charge in [0.05, 0.1) is 6.61 Å². The SMILES string of the molecule is N#[N+]/C=C(\O)OCCCc1ccccc1. The van der Waals surface area contributed by atoms with Crippen molar-refractivity contribution in [2.45, 2.75) is 12.8 Å². The lowest BCUT2D eigenvalue weighted by Gasteiger charge is -2.02. The zero-order chi connectivity index (χ0) is 10.9. The molecule has 0 saturated carbocycles. The standard InChI is InChI=1S/C11H12N2O2/c12-13-9-11(14)15-8-4-7-10-5-2-1-3-6-10/h1-3,5-6,9H,4,7-8H2/p+1/b11-9+. The van der Waals surface area contributed by atoms with Crippen molar-refractivity contribution in [3.63, 3.8) is 0 Å². The Balaban J connectivity index is 2.18. The molecule has 15 heavy (non-hydrogen) atoms. The van der Waals surface area contributed by atoms with Crippen LogP contribution in [0.25, 0.3) is 4.98 Å². The number of hydrogen-bond acceptors (Lipinski definition) is 3. The van der Waals surface area contributed by atoms with Crippen molar-refractivity contribution in [3.8, 4) is 0 Å². The van der Waals surface area contributed by atoms with E-state index in [2.05, 4.69) is 4.98 Å². The number of ether oxygens (including phenoxy) is 1. The third-order valence-corrected chi connectivity index (χ3v) is 1.87. The summed E-state index contributed by atoms with van der Waals surface area (Å²) in [7, 11) is 0. The van der Waals surface area contributed by atoms with E-state index in [1.54, 1.807) is 0 Å². The molecular weight excluding hydrogens is 192 g/mol. The fourth-order valence-corrected chi connectivity index (χ4v) is 1.18. The minimum atomic E-state index is -0.370. The van der Waals surface area contributed by atoms with Gasteiger partial charge in [0.1, 0.15) is 0 Å². The van der Waals surface area contributed by atoms with Crippen molar-refractivity contribution in [1.29, 1.82) is 5.39 Å². The minimum Gasteiger partial charge on any atom is -0.476 e. The largest absolute Gasteiger partial charge is 0.476 e. The van der Waals surface area contributed by atoms with Crippen LogP contribution in [0.1, 0.15) is 12.0 Å². The van der Waals surface area contributed by atoms with Crippen molar-refractivity contribution >= 4 is 0 Å². The molecular formula is C11H13N2O2+. The highest BCUT2D eigenvalue weighted by Gasteiger charge is 1.99. The van der Waals surface area contributed by atoms with Crippen LogP contribution in [0.4, 0.5) is 0 Å². The van der Waals surface area contributed by atoms with E-state index >= 15 is 0 Å². The van der Waals surface area contributed by atoms with E-state index in [4.69, 9.17) is 15.2 Å². The summed E-state index contributed by atoms with van der Waals surface area (Å²) in [5.41, 5.74) is 1.23. The van der Waals surface area contributed by atoms with Gasteiger partial charge in [0.15, 0.2) is 4.98 Å². The van der Waals surface area contributed by atoms with Crippen LogP contribution in [0.5, 0.6) is 0 Å². The summed E-state index contributed by atoms with van der Waals surface area (Å²) in [4.78, 5) is 2.64. The van der Waals surface area contributed by atoms with E-state index < -0.39 is 0 Å². The second-order valence-corrected chi connectivity index (χ2v) is 3.02. The Bertz CT molecular complexity index is 355. The summed E-state index contributed by atoms with van der Waals surface area (Å²) in [6.45, 7) is 0.396. The molecule has 0 aliphatic rings. The van der Waals surface area contributed by atoms with Gasteiger partial charge >= 0.3 is 12.1 Å². The van der Waals surface area contributed by atoms with Gasteiger partial charge in [-0.15, -0.1) is 0 Å². The fraction of sp³-hybridized carbons (Fsp3) is 0.273. The topological polar surface area (TPSA) is 57.6 Å². The van der Waals surface area contributed by atoms with Crippen molar-refractivity contribution in [1.82, 2.24) is 0 Å². The zero-order valence-corrected chi connectivity index (χ0v) is 8.34. The van der Waals surface area contributed by atoms with Gasteiger partial charge < -0.3 is 9.84 Å². The smallest absolute Gasteiger partial charge is 0.429 e. The van der Waals surface area contributed by atoms with Gasteiger partial charge in [-0.2, -0.15) is 0 Å². The van der Waals surface area contributed by atoms with Gasteiger partial charge in [0.2, 0.25) is 5.39 Å². The lowest BCUT2D eigenvalue weighted by Crippen LogP contribution is -1.96. The molecule has 0 aliphatic carbocycles. The second kappa shape index (κ2) is 6.44. The third kappa shape index (κ3) is 4.67. The summed E-state index contributed by atoms with van der Waals surface area (Å²) in [5, 5.41) is 17.0. The van der Waals surface area contributed by atoms with Crippen molar-refractivity contribution in [3.05, 3.63) is 53.0 Å². The molecule has 0 bridgehead atoms. The first-order valence-electron chi connectivity index (χ1n) is 4.73. The van der Waals surface area contributed by atoms with E-state index in [-0.39, 0.29) is 5.95 Å². The van der Waals surface area contributed by atoms with E-state index in [0.717, 1.165) is 19.0 Å². The van der Waals surface area contributed by atoms with Crippen LogP contribution in [0.3, 0.4) is 0 Å². The molecule has 0 atom stereocenters. The zero-order valence-electron chi connectivity index (χ0n) is 8.34. The van der Waals surface area contributed by atoms with Gasteiger partial charge in [0, 0.05) is 0 Å². The molecule has 1 N–H and O–H groups in total. The number of diazo groups is 1. The van der Waals surface area contributed by atoms with Crippen LogP contribution in [0, 0.1) is 5.39 Å². The normalized spacial score (nSPS) is 10.7. The first-order chi connectivity index (χ1) is 7.33. The molecule has 0 amide bonds. The molecule has 0 heterocycles. The molecule has 0 fully saturated rings. The Hall–Kier alpha value is -2.02. The summed E-state index contributed by atoms with van der Waals surface area (Å²) in [5.74, 6) is -0.370. The highest BCUT2D eigenvalue weighted by Crippen LogP contribution is 2.03. The van der Waals surface area contributed by atoms with Crippen LogP contribution in [0.15, 0.2) is 42.5 Å². The molecule has 4 heteroatoms. The Morgan fingerprint density at radius 2 is 2.13 bits per heavy atom. The first-order valence-corrected chi connectivity index (χ1v) is 4.73. The summed E-state index contributed by atoms with van der Waals surface area (Å²) >= 11 is 0. The minimum absolute atomic E-state index is 0.370. The van der Waals surface area contributed by atoms with E-state index in [0.29, 0.717) is 6.61 Å². The lowest BCUT2D eigenvalue weighted by atomic mass is 10.1. The van der Waals surface area contributed by atoms with Crippen LogP contribution < -0.4 is 0 Å². The average molecular weight is 205 g/mol. The Morgan fingerprint density at radius 1 is 1.40 bits per heavy atom. The Labute approximate surface area is 88.4 Å². The molecule has 0 aliphatic heterocycles. The predicted molar refractivity (Wildman–Crippen MR) is 56.5 cm³/mol. The maximum absolute atomic E-state index is 8.93. The first kappa shape index (κ1) is 11.1. The molecule has 1 aromatic carbocycles. The molecule has 0 saturated heterocycles. The number of benzene rings is 1. The molecule has 4 nitrogen and oxygen atoms in total.